The van der Waals surface area contributed by atoms with Crippen LogP contribution in [0.3, 0.4) is 0 Å². The topological polar surface area (TPSA) is 46.2 Å². The van der Waals surface area contributed by atoms with E-state index in [1.165, 1.54) is 5.56 Å². The van der Waals surface area contributed by atoms with Crippen LogP contribution in [0, 0.1) is 0 Å². The van der Waals surface area contributed by atoms with Crippen molar-refractivity contribution in [2.45, 2.75) is 57.0 Å². The minimum absolute atomic E-state index is 0.150. The maximum atomic E-state index is 12.2. The minimum atomic E-state index is -3.09. The fourth-order valence-electron chi connectivity index (χ4n) is 2.60. The van der Waals surface area contributed by atoms with Gasteiger partial charge in [-0.25, -0.2) is 8.42 Å². The number of hydrogen-bond donors (Lipinski definition) is 1. The summed E-state index contributed by atoms with van der Waals surface area (Å²) in [5.74, 6) is 0.653. The van der Waals surface area contributed by atoms with Crippen LogP contribution in [0.15, 0.2) is 23.1 Å². The Morgan fingerprint density at radius 2 is 1.89 bits per heavy atom. The lowest BCUT2D eigenvalue weighted by Gasteiger charge is -2.29. The van der Waals surface area contributed by atoms with Gasteiger partial charge in [-0.15, -0.1) is 0 Å². The van der Waals surface area contributed by atoms with Gasteiger partial charge in [-0.2, -0.15) is 0 Å². The standard InChI is InChI=1S/C15H23NO2S/c1-10(2)12-5-6-15-13(9-12)14(16-11(3)4)7-8-19(15,17)18/h5-6,9-11,14,16H,7-8H2,1-4H3. The second kappa shape index (κ2) is 5.25. The lowest BCUT2D eigenvalue weighted by molar-refractivity contribution is 0.449. The van der Waals surface area contributed by atoms with Crippen molar-refractivity contribution in [1.29, 1.82) is 0 Å². The number of fused-ring (bicyclic) bond motifs is 1. The highest BCUT2D eigenvalue weighted by molar-refractivity contribution is 7.91. The van der Waals surface area contributed by atoms with E-state index >= 15 is 0 Å². The molecule has 1 aliphatic heterocycles. The van der Waals surface area contributed by atoms with E-state index in [1.807, 2.05) is 6.07 Å². The number of rotatable bonds is 3. The largest absolute Gasteiger partial charge is 0.308 e. The van der Waals surface area contributed by atoms with Gasteiger partial charge in [0.1, 0.15) is 0 Å². The Hall–Kier alpha value is -0.870. The summed E-state index contributed by atoms with van der Waals surface area (Å²) < 4.78 is 24.3. The monoisotopic (exact) mass is 281 g/mol. The summed E-state index contributed by atoms with van der Waals surface area (Å²) in [5, 5.41) is 3.48. The van der Waals surface area contributed by atoms with E-state index in [0.717, 1.165) is 5.56 Å². The molecule has 0 spiro atoms. The molecule has 1 aromatic carbocycles. The highest BCUT2D eigenvalue weighted by Crippen LogP contribution is 2.34. The molecule has 1 aromatic rings. The SMILES string of the molecule is CC(C)NC1CCS(=O)(=O)c2ccc(C(C)C)cc21. The van der Waals surface area contributed by atoms with E-state index in [9.17, 15) is 8.42 Å². The Bertz CT molecular complexity index is 562. The first kappa shape index (κ1) is 14.5. The average molecular weight is 281 g/mol. The summed E-state index contributed by atoms with van der Waals surface area (Å²) in [6, 6.07) is 6.29. The molecule has 106 valence electrons. The first-order valence-corrected chi connectivity index (χ1v) is 8.59. The molecule has 0 radical (unpaired) electrons. The zero-order chi connectivity index (χ0) is 14.2. The number of nitrogens with one attached hydrogen (secondary N) is 1. The summed E-state index contributed by atoms with van der Waals surface area (Å²) in [6.45, 7) is 8.44. The molecule has 1 unspecified atom stereocenters. The molecule has 0 aliphatic carbocycles. The Morgan fingerprint density at radius 1 is 1.21 bits per heavy atom. The molecule has 0 saturated heterocycles. The van der Waals surface area contributed by atoms with Crippen LogP contribution in [0.5, 0.6) is 0 Å². The number of benzene rings is 1. The van der Waals surface area contributed by atoms with Crippen molar-refractivity contribution in [1.82, 2.24) is 5.32 Å². The lowest BCUT2D eigenvalue weighted by Crippen LogP contribution is -2.33. The van der Waals surface area contributed by atoms with Gasteiger partial charge in [0.15, 0.2) is 9.84 Å². The van der Waals surface area contributed by atoms with Gasteiger partial charge in [0, 0.05) is 12.1 Å². The summed E-state index contributed by atoms with van der Waals surface area (Å²) in [7, 11) is -3.09. The van der Waals surface area contributed by atoms with E-state index < -0.39 is 9.84 Å². The van der Waals surface area contributed by atoms with Gasteiger partial charge in [0.05, 0.1) is 10.6 Å². The van der Waals surface area contributed by atoms with Crippen molar-refractivity contribution >= 4 is 9.84 Å². The van der Waals surface area contributed by atoms with Crippen LogP contribution < -0.4 is 5.32 Å². The molecule has 0 saturated carbocycles. The van der Waals surface area contributed by atoms with Crippen molar-refractivity contribution < 1.29 is 8.42 Å². The van der Waals surface area contributed by atoms with E-state index in [-0.39, 0.29) is 11.8 Å². The Morgan fingerprint density at radius 3 is 2.47 bits per heavy atom. The van der Waals surface area contributed by atoms with E-state index in [2.05, 4.69) is 39.1 Å². The summed E-state index contributed by atoms with van der Waals surface area (Å²) in [6.07, 6.45) is 0.662. The highest BCUT2D eigenvalue weighted by atomic mass is 32.2. The van der Waals surface area contributed by atoms with E-state index in [1.54, 1.807) is 6.07 Å². The second-order valence-electron chi connectivity index (χ2n) is 5.93. The molecule has 2 rings (SSSR count). The van der Waals surface area contributed by atoms with Crippen molar-refractivity contribution in [3.05, 3.63) is 29.3 Å². The molecule has 1 aliphatic rings. The van der Waals surface area contributed by atoms with Crippen LogP contribution in [0.4, 0.5) is 0 Å². The molecule has 3 nitrogen and oxygen atoms in total. The molecule has 0 fully saturated rings. The number of sulfone groups is 1. The highest BCUT2D eigenvalue weighted by Gasteiger charge is 2.30. The van der Waals surface area contributed by atoms with Crippen LogP contribution in [0.25, 0.3) is 0 Å². The van der Waals surface area contributed by atoms with Gasteiger partial charge in [0.2, 0.25) is 0 Å². The third kappa shape index (κ3) is 3.00. The van der Waals surface area contributed by atoms with Crippen LogP contribution >= 0.6 is 0 Å². The average Bonchev–Trinajstić information content (AvgIpc) is 2.32. The van der Waals surface area contributed by atoms with Gasteiger partial charge in [-0.1, -0.05) is 39.8 Å². The fourth-order valence-corrected chi connectivity index (χ4v) is 4.20. The Kier molecular flexibility index (Phi) is 4.02. The maximum Gasteiger partial charge on any atom is 0.178 e. The number of hydrogen-bond acceptors (Lipinski definition) is 3. The molecular weight excluding hydrogens is 258 g/mol. The Labute approximate surface area is 116 Å². The van der Waals surface area contributed by atoms with Crippen LogP contribution in [0.1, 0.15) is 57.2 Å². The molecule has 0 aromatic heterocycles. The second-order valence-corrected chi connectivity index (χ2v) is 8.01. The lowest BCUT2D eigenvalue weighted by atomic mass is 9.96. The quantitative estimate of drug-likeness (QED) is 0.926. The molecule has 1 heterocycles. The van der Waals surface area contributed by atoms with Crippen LogP contribution in [-0.2, 0) is 9.84 Å². The fraction of sp³-hybridized carbons (Fsp3) is 0.600. The van der Waals surface area contributed by atoms with Crippen molar-refractivity contribution in [3.8, 4) is 0 Å². The van der Waals surface area contributed by atoms with Crippen LogP contribution in [-0.4, -0.2) is 20.2 Å². The van der Waals surface area contributed by atoms with Gasteiger partial charge in [-0.05, 0) is 29.5 Å². The first-order valence-electron chi connectivity index (χ1n) is 6.94. The summed E-state index contributed by atoms with van der Waals surface area (Å²) >= 11 is 0. The zero-order valence-corrected chi connectivity index (χ0v) is 12.9. The predicted molar refractivity (Wildman–Crippen MR) is 78.2 cm³/mol. The summed E-state index contributed by atoms with van der Waals surface area (Å²) in [5.41, 5.74) is 2.15. The van der Waals surface area contributed by atoms with Crippen molar-refractivity contribution in [2.75, 3.05) is 5.75 Å². The third-order valence-corrected chi connectivity index (χ3v) is 5.44. The predicted octanol–water partition coefficient (Wildman–Crippen LogP) is 3.03. The van der Waals surface area contributed by atoms with Crippen LogP contribution in [0.2, 0.25) is 0 Å². The molecular formula is C15H23NO2S. The van der Waals surface area contributed by atoms with Gasteiger partial charge in [-0.3, -0.25) is 0 Å². The minimum Gasteiger partial charge on any atom is -0.308 e. The molecule has 1 N–H and O–H groups in total. The molecule has 19 heavy (non-hydrogen) atoms. The zero-order valence-electron chi connectivity index (χ0n) is 12.1. The van der Waals surface area contributed by atoms with E-state index in [0.29, 0.717) is 23.3 Å². The summed E-state index contributed by atoms with van der Waals surface area (Å²) in [4.78, 5) is 0.515. The van der Waals surface area contributed by atoms with Crippen molar-refractivity contribution in [3.63, 3.8) is 0 Å². The Balaban J connectivity index is 2.51. The first-order chi connectivity index (χ1) is 8.81. The van der Waals surface area contributed by atoms with Gasteiger partial charge >= 0.3 is 0 Å². The maximum absolute atomic E-state index is 12.2. The molecule has 0 bridgehead atoms. The van der Waals surface area contributed by atoms with Crippen molar-refractivity contribution in [2.24, 2.45) is 0 Å². The van der Waals surface area contributed by atoms with Gasteiger partial charge < -0.3 is 5.32 Å². The molecule has 4 heteroatoms. The van der Waals surface area contributed by atoms with E-state index in [4.69, 9.17) is 0 Å². The third-order valence-electron chi connectivity index (χ3n) is 3.62. The molecule has 1 atom stereocenters. The van der Waals surface area contributed by atoms with Gasteiger partial charge in [0.25, 0.3) is 0 Å². The molecule has 0 amide bonds. The normalized spacial score (nSPS) is 21.7. The smallest absolute Gasteiger partial charge is 0.178 e.